The van der Waals surface area contributed by atoms with Crippen LogP contribution in [-0.2, 0) is 14.4 Å². The summed E-state index contributed by atoms with van der Waals surface area (Å²) in [6, 6.07) is 0. The Kier molecular flexibility index (Phi) is 7.29. The van der Waals surface area contributed by atoms with E-state index in [1.165, 1.54) is 0 Å². The Morgan fingerprint density at radius 1 is 0.900 bits per heavy atom. The minimum atomic E-state index is -5.08. The summed E-state index contributed by atoms with van der Waals surface area (Å²) in [6.07, 6.45) is -5.08. The molecule has 0 saturated heterocycles. The second-order valence-corrected chi connectivity index (χ2v) is 4.71. The van der Waals surface area contributed by atoms with Crippen molar-refractivity contribution in [2.75, 3.05) is 0 Å². The van der Waals surface area contributed by atoms with Gasteiger partial charge in [-0.25, -0.2) is 4.79 Å². The summed E-state index contributed by atoms with van der Waals surface area (Å²) in [7, 11) is 0. The average Bonchev–Trinajstić information content (AvgIpc) is 2.14. The lowest BCUT2D eigenvalue weighted by atomic mass is 9.68. The van der Waals surface area contributed by atoms with Gasteiger partial charge in [-0.05, 0) is 11.8 Å². The van der Waals surface area contributed by atoms with E-state index in [0.29, 0.717) is 0 Å². The fourth-order valence-corrected chi connectivity index (χ4v) is 1.93. The number of carboxylic acid groups (broad SMARTS) is 1. The molecule has 9 heteroatoms. The first-order chi connectivity index (χ1) is 8.72. The largest absolute Gasteiger partial charge is 0.490 e. The normalized spacial score (nSPS) is 11.8. The van der Waals surface area contributed by atoms with Gasteiger partial charge in [-0.2, -0.15) is 13.2 Å². The van der Waals surface area contributed by atoms with Crippen LogP contribution in [-0.4, -0.2) is 29.1 Å². The van der Waals surface area contributed by atoms with E-state index >= 15 is 0 Å². The van der Waals surface area contributed by atoms with Gasteiger partial charge >= 0.3 is 12.1 Å². The Morgan fingerprint density at radius 3 is 1.10 bits per heavy atom. The molecule has 0 rings (SSSR count). The standard InChI is InChI=1S/C9H18N2O2.C2HF3O2/c1-5(2)9(6(3)4,7(10)12)8(11)13;3-2(4,5)1(6)7/h5-6H,1-4H3,(H2,10,12)(H2,11,13);(H,6,7). The minimum Gasteiger partial charge on any atom is -0.475 e. The summed E-state index contributed by atoms with van der Waals surface area (Å²) in [5, 5.41) is 7.12. The van der Waals surface area contributed by atoms with E-state index in [2.05, 4.69) is 0 Å². The van der Waals surface area contributed by atoms with E-state index in [4.69, 9.17) is 21.4 Å². The van der Waals surface area contributed by atoms with Gasteiger partial charge in [-0.15, -0.1) is 0 Å². The summed E-state index contributed by atoms with van der Waals surface area (Å²) in [4.78, 5) is 31.4. The number of carboxylic acids is 1. The number of hydrogen-bond donors (Lipinski definition) is 3. The van der Waals surface area contributed by atoms with Crippen LogP contribution < -0.4 is 11.5 Å². The highest BCUT2D eigenvalue weighted by atomic mass is 19.4. The molecule has 20 heavy (non-hydrogen) atoms. The maximum Gasteiger partial charge on any atom is 0.490 e. The third-order valence-corrected chi connectivity index (χ3v) is 2.88. The zero-order valence-electron chi connectivity index (χ0n) is 11.6. The molecule has 0 atom stereocenters. The molecule has 0 saturated carbocycles. The van der Waals surface area contributed by atoms with E-state index in [-0.39, 0.29) is 11.8 Å². The molecule has 2 amide bonds. The summed E-state index contributed by atoms with van der Waals surface area (Å²) >= 11 is 0. The van der Waals surface area contributed by atoms with E-state index in [1.807, 2.05) is 0 Å². The van der Waals surface area contributed by atoms with Crippen LogP contribution in [0.2, 0.25) is 0 Å². The molecule has 0 fully saturated rings. The molecule has 0 aliphatic rings. The number of halogens is 3. The molecule has 0 radical (unpaired) electrons. The van der Waals surface area contributed by atoms with Crippen LogP contribution >= 0.6 is 0 Å². The molecule has 0 aliphatic heterocycles. The second-order valence-electron chi connectivity index (χ2n) is 4.71. The molecule has 0 bridgehead atoms. The fourth-order valence-electron chi connectivity index (χ4n) is 1.93. The van der Waals surface area contributed by atoms with Crippen molar-refractivity contribution in [3.63, 3.8) is 0 Å². The van der Waals surface area contributed by atoms with Crippen molar-refractivity contribution in [3.8, 4) is 0 Å². The van der Waals surface area contributed by atoms with Crippen LogP contribution in [0.4, 0.5) is 13.2 Å². The van der Waals surface area contributed by atoms with Crippen molar-refractivity contribution in [1.29, 1.82) is 0 Å². The van der Waals surface area contributed by atoms with Crippen LogP contribution in [0.3, 0.4) is 0 Å². The van der Waals surface area contributed by atoms with Gasteiger partial charge in [0.15, 0.2) is 0 Å². The molecule has 5 N–H and O–H groups in total. The molecule has 0 aliphatic carbocycles. The van der Waals surface area contributed by atoms with E-state index in [9.17, 15) is 22.8 Å². The number of carbonyl (C=O) groups is 3. The van der Waals surface area contributed by atoms with Crippen molar-refractivity contribution in [1.82, 2.24) is 0 Å². The minimum absolute atomic E-state index is 0.178. The first-order valence-electron chi connectivity index (χ1n) is 5.62. The lowest BCUT2D eigenvalue weighted by molar-refractivity contribution is -0.192. The Hall–Kier alpha value is -1.80. The Bertz CT molecular complexity index is 354. The van der Waals surface area contributed by atoms with Crippen molar-refractivity contribution in [2.45, 2.75) is 33.9 Å². The third kappa shape index (κ3) is 4.71. The SMILES string of the molecule is CC(C)C(C(N)=O)(C(N)=O)C(C)C.O=C(O)C(F)(F)F. The monoisotopic (exact) mass is 300 g/mol. The number of aliphatic carboxylic acids is 1. The lowest BCUT2D eigenvalue weighted by Gasteiger charge is -2.34. The number of nitrogens with two attached hydrogens (primary N) is 2. The highest BCUT2D eigenvalue weighted by Gasteiger charge is 2.48. The third-order valence-electron chi connectivity index (χ3n) is 2.88. The highest BCUT2D eigenvalue weighted by molar-refractivity contribution is 6.04. The summed E-state index contributed by atoms with van der Waals surface area (Å²) in [6.45, 7) is 7.09. The van der Waals surface area contributed by atoms with Crippen LogP contribution in [0.1, 0.15) is 27.7 Å². The fraction of sp³-hybridized carbons (Fsp3) is 0.727. The van der Waals surface area contributed by atoms with Gasteiger partial charge in [0.25, 0.3) is 0 Å². The molecule has 0 aromatic rings. The zero-order valence-corrected chi connectivity index (χ0v) is 11.6. The molecule has 0 aromatic carbocycles. The lowest BCUT2D eigenvalue weighted by Crippen LogP contribution is -2.54. The van der Waals surface area contributed by atoms with Crippen LogP contribution in [0, 0.1) is 17.3 Å². The van der Waals surface area contributed by atoms with Gasteiger partial charge < -0.3 is 16.6 Å². The van der Waals surface area contributed by atoms with Gasteiger partial charge in [-0.1, -0.05) is 27.7 Å². The maximum atomic E-state index is 11.3. The van der Waals surface area contributed by atoms with Gasteiger partial charge in [0.2, 0.25) is 11.8 Å². The van der Waals surface area contributed by atoms with Gasteiger partial charge in [0, 0.05) is 0 Å². The first kappa shape index (κ1) is 20.5. The molecule has 6 nitrogen and oxygen atoms in total. The Balaban J connectivity index is 0. The zero-order chi connectivity index (χ0) is 16.9. The molecule has 0 heterocycles. The quantitative estimate of drug-likeness (QED) is 0.667. The van der Waals surface area contributed by atoms with Crippen LogP contribution in [0.5, 0.6) is 0 Å². The smallest absolute Gasteiger partial charge is 0.475 e. The van der Waals surface area contributed by atoms with Crippen molar-refractivity contribution < 1.29 is 32.7 Å². The second kappa shape index (κ2) is 7.11. The van der Waals surface area contributed by atoms with Crippen molar-refractivity contribution >= 4 is 17.8 Å². The van der Waals surface area contributed by atoms with Gasteiger partial charge in [0.05, 0.1) is 0 Å². The number of primary amides is 2. The summed E-state index contributed by atoms with van der Waals surface area (Å²) in [5.74, 6) is -4.38. The number of alkyl halides is 3. The van der Waals surface area contributed by atoms with Gasteiger partial charge in [0.1, 0.15) is 5.41 Å². The molecule has 0 aromatic heterocycles. The van der Waals surface area contributed by atoms with Crippen LogP contribution in [0.15, 0.2) is 0 Å². The number of rotatable bonds is 4. The molecule has 0 unspecified atom stereocenters. The van der Waals surface area contributed by atoms with Crippen molar-refractivity contribution in [3.05, 3.63) is 0 Å². The highest BCUT2D eigenvalue weighted by Crippen LogP contribution is 2.35. The topological polar surface area (TPSA) is 123 Å². The predicted octanol–water partition coefficient (Wildman–Crippen LogP) is 0.889. The molecule has 118 valence electrons. The van der Waals surface area contributed by atoms with E-state index < -0.39 is 29.4 Å². The van der Waals surface area contributed by atoms with Crippen LogP contribution in [0.25, 0.3) is 0 Å². The number of amides is 2. The average molecular weight is 300 g/mol. The van der Waals surface area contributed by atoms with E-state index in [1.54, 1.807) is 27.7 Å². The molecular weight excluding hydrogens is 281 g/mol. The number of carbonyl (C=O) groups excluding carboxylic acids is 2. The Morgan fingerprint density at radius 2 is 1.10 bits per heavy atom. The first-order valence-corrected chi connectivity index (χ1v) is 5.62. The summed E-state index contributed by atoms with van der Waals surface area (Å²) < 4.78 is 31.7. The summed E-state index contributed by atoms with van der Waals surface area (Å²) in [5.41, 5.74) is 9.25. The number of hydrogen-bond acceptors (Lipinski definition) is 3. The molecular formula is C11H19F3N2O4. The van der Waals surface area contributed by atoms with E-state index in [0.717, 1.165) is 0 Å². The maximum absolute atomic E-state index is 11.3. The Labute approximate surface area is 114 Å². The van der Waals surface area contributed by atoms with Crippen molar-refractivity contribution in [2.24, 2.45) is 28.7 Å². The molecule has 0 spiro atoms. The predicted molar refractivity (Wildman–Crippen MR) is 64.2 cm³/mol. The van der Waals surface area contributed by atoms with Gasteiger partial charge in [-0.3, -0.25) is 9.59 Å².